The van der Waals surface area contributed by atoms with Gasteiger partial charge in [-0.15, -0.1) is 0 Å². The molecular formula is C23H48Si6. The minimum atomic E-state index is -1.52. The van der Waals surface area contributed by atoms with E-state index >= 15 is 0 Å². The molecule has 0 aromatic heterocycles. The maximum absolute atomic E-state index is 2.93. The quantitative estimate of drug-likeness (QED) is 0.379. The molecule has 3 heterocycles. The van der Waals surface area contributed by atoms with Crippen LogP contribution in [-0.4, -0.2) is 45.5 Å². The van der Waals surface area contributed by atoms with Gasteiger partial charge in [-0.25, -0.2) is 0 Å². The van der Waals surface area contributed by atoms with Crippen molar-refractivity contribution < 1.29 is 0 Å². The summed E-state index contributed by atoms with van der Waals surface area (Å²) < 4.78 is 1.48. The van der Waals surface area contributed by atoms with Gasteiger partial charge in [-0.1, -0.05) is 134 Å². The van der Waals surface area contributed by atoms with Crippen molar-refractivity contribution in [2.45, 2.75) is 107 Å². The second-order valence-corrected chi connectivity index (χ2v) is 63.3. The molecule has 1 aromatic rings. The van der Waals surface area contributed by atoms with Gasteiger partial charge in [0, 0.05) is 45.5 Å². The smallest absolute Gasteiger partial charge is 0.0464 e. The highest BCUT2D eigenvalue weighted by Gasteiger charge is 2.91. The molecule has 0 aliphatic carbocycles. The first kappa shape index (κ1) is 24.2. The van der Waals surface area contributed by atoms with Crippen LogP contribution in [0.1, 0.15) is 25.3 Å². The summed E-state index contributed by atoms with van der Waals surface area (Å²) in [5, 5.41) is 0. The van der Waals surface area contributed by atoms with Gasteiger partial charge < -0.3 is 0 Å². The SMILES string of the molecule is CCCC12[Si](C)(C)[Si](C)(C)C(c3ccccc3)([Si](C)(C)[Si]1(C)C)[Si](C)(C)[Si]2(C)C. The highest BCUT2D eigenvalue weighted by Crippen LogP contribution is 2.78. The molecular weight excluding hydrogens is 445 g/mol. The molecule has 0 radical (unpaired) electrons. The van der Waals surface area contributed by atoms with Crippen molar-refractivity contribution in [3.05, 3.63) is 35.9 Å². The molecule has 2 bridgehead atoms. The summed E-state index contributed by atoms with van der Waals surface area (Å²) >= 11 is 0. The number of hydrogen-bond donors (Lipinski definition) is 0. The van der Waals surface area contributed by atoms with Gasteiger partial charge in [0.2, 0.25) is 0 Å². The molecule has 6 heteroatoms. The third kappa shape index (κ3) is 2.03. The van der Waals surface area contributed by atoms with Crippen molar-refractivity contribution in [2.24, 2.45) is 0 Å². The van der Waals surface area contributed by atoms with Crippen LogP contribution in [0.25, 0.3) is 0 Å². The van der Waals surface area contributed by atoms with E-state index in [2.05, 4.69) is 116 Å². The van der Waals surface area contributed by atoms with Crippen LogP contribution >= 0.6 is 0 Å². The summed E-state index contributed by atoms with van der Waals surface area (Å²) in [7, 11) is -8.87. The molecule has 29 heavy (non-hydrogen) atoms. The van der Waals surface area contributed by atoms with E-state index in [1.807, 2.05) is 5.56 Å². The van der Waals surface area contributed by atoms with Gasteiger partial charge >= 0.3 is 0 Å². The molecule has 4 rings (SSSR count). The van der Waals surface area contributed by atoms with Gasteiger partial charge in [0.05, 0.1) is 0 Å². The van der Waals surface area contributed by atoms with Crippen LogP contribution in [0, 0.1) is 0 Å². The van der Waals surface area contributed by atoms with E-state index in [-0.39, 0.29) is 0 Å². The van der Waals surface area contributed by atoms with Crippen LogP contribution in [0.5, 0.6) is 0 Å². The number of hydrogen-bond acceptors (Lipinski definition) is 0. The summed E-state index contributed by atoms with van der Waals surface area (Å²) in [6, 6.07) is 12.2. The summed E-state index contributed by atoms with van der Waals surface area (Å²) in [5.74, 6) is 0. The Kier molecular flexibility index (Phi) is 5.26. The number of rotatable bonds is 3. The highest BCUT2D eigenvalue weighted by molar-refractivity contribution is 7.77. The minimum absolute atomic E-state index is 0.644. The Bertz CT molecular complexity index is 732. The predicted molar refractivity (Wildman–Crippen MR) is 151 cm³/mol. The number of benzene rings is 1. The van der Waals surface area contributed by atoms with Crippen LogP contribution in [-0.2, 0) is 4.28 Å². The van der Waals surface area contributed by atoms with E-state index in [0.717, 1.165) is 4.28 Å². The van der Waals surface area contributed by atoms with E-state index in [1.54, 1.807) is 6.42 Å². The Morgan fingerprint density at radius 2 is 0.897 bits per heavy atom. The lowest BCUT2D eigenvalue weighted by molar-refractivity contribution is 0.741. The van der Waals surface area contributed by atoms with Gasteiger partial charge in [-0.05, 0) is 8.57 Å². The first-order valence-electron chi connectivity index (χ1n) is 12.0. The Morgan fingerprint density at radius 1 is 0.552 bits per heavy atom. The Labute approximate surface area is 187 Å². The molecule has 0 atom stereocenters. The van der Waals surface area contributed by atoms with E-state index in [9.17, 15) is 0 Å². The monoisotopic (exact) mass is 492 g/mol. The summed E-state index contributed by atoms with van der Waals surface area (Å²) in [6.45, 7) is 37.7. The lowest BCUT2D eigenvalue weighted by Crippen LogP contribution is -3.07. The largest absolute Gasteiger partial charge is 0.0713 e. The Morgan fingerprint density at radius 3 is 1.21 bits per heavy atom. The first-order valence-corrected chi connectivity index (χ1v) is 33.0. The third-order valence-electron chi connectivity index (χ3n) is 12.5. The maximum Gasteiger partial charge on any atom is 0.0464 e. The molecule has 0 N–H and O–H groups in total. The fraction of sp³-hybridized carbons (Fsp3) is 0.739. The second kappa shape index (κ2) is 6.31. The zero-order valence-corrected chi connectivity index (χ0v) is 27.8. The summed E-state index contributed by atoms with van der Waals surface area (Å²) in [6.07, 6.45) is 3.00. The molecule has 3 aliphatic heterocycles. The van der Waals surface area contributed by atoms with Crippen molar-refractivity contribution in [3.8, 4) is 0 Å². The van der Waals surface area contributed by atoms with Gasteiger partial charge in [-0.2, -0.15) is 0 Å². The zero-order chi connectivity index (χ0) is 22.5. The van der Waals surface area contributed by atoms with Gasteiger partial charge in [0.25, 0.3) is 0 Å². The summed E-state index contributed by atoms with van der Waals surface area (Å²) in [5.41, 5.74) is 1.83. The third-order valence-corrected chi connectivity index (χ3v) is 102. The molecule has 0 spiro atoms. The van der Waals surface area contributed by atoms with Gasteiger partial charge in [0.15, 0.2) is 0 Å². The average molecular weight is 493 g/mol. The molecule has 0 nitrogen and oxygen atoms in total. The van der Waals surface area contributed by atoms with E-state index in [0.29, 0.717) is 4.28 Å². The highest BCUT2D eigenvalue weighted by atomic mass is 29.4. The van der Waals surface area contributed by atoms with Crippen LogP contribution in [0.3, 0.4) is 0 Å². The molecule has 0 unspecified atom stereocenters. The van der Waals surface area contributed by atoms with Gasteiger partial charge in [0.1, 0.15) is 0 Å². The number of fused-ring (bicyclic) bond motifs is 3. The fourth-order valence-electron chi connectivity index (χ4n) is 10.8. The zero-order valence-electron chi connectivity index (χ0n) is 21.8. The van der Waals surface area contributed by atoms with Crippen molar-refractivity contribution in [2.75, 3.05) is 0 Å². The molecule has 1 aromatic carbocycles. The minimum Gasteiger partial charge on any atom is -0.0713 e. The fourth-order valence-corrected chi connectivity index (χ4v) is 154. The van der Waals surface area contributed by atoms with Gasteiger partial charge in [-0.3, -0.25) is 0 Å². The van der Waals surface area contributed by atoms with E-state index < -0.39 is 45.5 Å². The lowest BCUT2D eigenvalue weighted by atomic mass is 10.2. The van der Waals surface area contributed by atoms with Crippen LogP contribution in [0.2, 0.25) is 82.8 Å². The topological polar surface area (TPSA) is 0 Å². The summed E-state index contributed by atoms with van der Waals surface area (Å²) in [4.78, 5) is 0. The molecule has 0 saturated carbocycles. The van der Waals surface area contributed by atoms with Crippen LogP contribution < -0.4 is 0 Å². The lowest BCUT2D eigenvalue weighted by Gasteiger charge is -2.89. The van der Waals surface area contributed by atoms with Crippen molar-refractivity contribution >= 4 is 45.5 Å². The molecule has 3 fully saturated rings. The molecule has 3 aliphatic rings. The Hall–Kier alpha value is 0.521. The van der Waals surface area contributed by atoms with Crippen molar-refractivity contribution in [1.29, 1.82) is 0 Å². The standard InChI is InChI=1S/C23H48Si6/c1-14-20-22-24(2,3)27(8,9)23(21-18-16-15-17-19-21,28(10,11)25(22,4)5)29(12,13)26(22,6)7/h15-19H,14,20H2,1-13H3. The average Bonchev–Trinajstić information content (AvgIpc) is 2.57. The normalized spacial score (nSPS) is 37.3. The predicted octanol–water partition coefficient (Wildman–Crippen LogP) is 7.67. The van der Waals surface area contributed by atoms with Crippen molar-refractivity contribution in [3.63, 3.8) is 0 Å². The molecule has 0 amide bonds. The van der Waals surface area contributed by atoms with Crippen molar-refractivity contribution in [1.82, 2.24) is 0 Å². The van der Waals surface area contributed by atoms with Crippen LogP contribution in [0.4, 0.5) is 0 Å². The second-order valence-electron chi connectivity index (χ2n) is 13.5. The van der Waals surface area contributed by atoms with E-state index in [1.165, 1.54) is 6.42 Å². The maximum atomic E-state index is 2.93. The molecule has 3 saturated heterocycles. The van der Waals surface area contributed by atoms with E-state index in [4.69, 9.17) is 0 Å². The molecule has 164 valence electrons. The van der Waals surface area contributed by atoms with Crippen LogP contribution in [0.15, 0.2) is 30.3 Å². The Balaban J connectivity index is 2.66. The first-order chi connectivity index (χ1) is 12.9.